The third-order valence-corrected chi connectivity index (χ3v) is 5.00. The van der Waals surface area contributed by atoms with Crippen molar-refractivity contribution < 1.29 is 19.1 Å². The van der Waals surface area contributed by atoms with Gasteiger partial charge in [-0.25, -0.2) is 9.78 Å². The quantitative estimate of drug-likeness (QED) is 0.478. The zero-order chi connectivity index (χ0) is 19.1. The van der Waals surface area contributed by atoms with Gasteiger partial charge in [0, 0.05) is 21.9 Å². The first-order valence-corrected chi connectivity index (χ1v) is 9.68. The monoisotopic (exact) mass is 400 g/mol. The summed E-state index contributed by atoms with van der Waals surface area (Å²) in [6.07, 6.45) is 2.94. The summed E-state index contributed by atoms with van der Waals surface area (Å²) in [5, 5.41) is 6.81. The van der Waals surface area contributed by atoms with Gasteiger partial charge in [0.05, 0.1) is 12.8 Å². The molecule has 3 aromatic rings. The second-order valence-corrected chi connectivity index (χ2v) is 7.11. The molecule has 1 N–H and O–H groups in total. The SMILES string of the molecule is COc1ccc(-c2csc(NC(=O)COC(=O)/C=C/c3cccs3)n2)cc1. The van der Waals surface area contributed by atoms with Gasteiger partial charge in [-0.3, -0.25) is 10.1 Å². The van der Waals surface area contributed by atoms with Gasteiger partial charge in [0.1, 0.15) is 5.75 Å². The van der Waals surface area contributed by atoms with Crippen molar-refractivity contribution in [1.29, 1.82) is 0 Å². The molecule has 6 nitrogen and oxygen atoms in total. The normalized spacial score (nSPS) is 10.7. The van der Waals surface area contributed by atoms with Gasteiger partial charge < -0.3 is 9.47 Å². The van der Waals surface area contributed by atoms with Crippen LogP contribution in [0.25, 0.3) is 17.3 Å². The van der Waals surface area contributed by atoms with Crippen LogP contribution in [0.15, 0.2) is 53.2 Å². The summed E-state index contributed by atoms with van der Waals surface area (Å²) in [7, 11) is 1.61. The first-order chi connectivity index (χ1) is 13.1. The number of nitrogens with one attached hydrogen (secondary N) is 1. The van der Waals surface area contributed by atoms with Gasteiger partial charge in [0.2, 0.25) is 0 Å². The lowest BCUT2D eigenvalue weighted by atomic mass is 10.2. The number of benzene rings is 1. The Morgan fingerprint density at radius 3 is 2.70 bits per heavy atom. The van der Waals surface area contributed by atoms with Crippen LogP contribution in [0.3, 0.4) is 0 Å². The Morgan fingerprint density at radius 1 is 1.19 bits per heavy atom. The summed E-state index contributed by atoms with van der Waals surface area (Å²) in [5.74, 6) is -0.252. The van der Waals surface area contributed by atoms with E-state index in [1.807, 2.05) is 47.2 Å². The summed E-state index contributed by atoms with van der Waals surface area (Å²) >= 11 is 2.80. The molecule has 0 aliphatic carbocycles. The predicted molar refractivity (Wildman–Crippen MR) is 107 cm³/mol. The highest BCUT2D eigenvalue weighted by Gasteiger charge is 2.10. The topological polar surface area (TPSA) is 77.5 Å². The lowest BCUT2D eigenvalue weighted by Crippen LogP contribution is -2.20. The van der Waals surface area contributed by atoms with Crippen LogP contribution in [-0.2, 0) is 14.3 Å². The lowest BCUT2D eigenvalue weighted by molar-refractivity contribution is -0.142. The molecule has 0 saturated heterocycles. The van der Waals surface area contributed by atoms with E-state index in [4.69, 9.17) is 9.47 Å². The number of thiophene rings is 1. The Hall–Kier alpha value is -2.97. The first kappa shape index (κ1) is 18.8. The molecule has 0 aliphatic heterocycles. The van der Waals surface area contributed by atoms with Crippen LogP contribution in [0.2, 0.25) is 0 Å². The summed E-state index contributed by atoms with van der Waals surface area (Å²) < 4.78 is 10.0. The molecule has 1 amide bonds. The van der Waals surface area contributed by atoms with E-state index in [9.17, 15) is 9.59 Å². The number of carbonyl (C=O) groups is 2. The molecule has 0 atom stereocenters. The van der Waals surface area contributed by atoms with E-state index in [-0.39, 0.29) is 6.61 Å². The standard InChI is InChI=1S/C19H16N2O4S2/c1-24-14-6-4-13(5-7-14)16-12-27-19(20-16)21-17(22)11-25-18(23)9-8-15-3-2-10-26-15/h2-10,12H,11H2,1H3,(H,20,21,22)/b9-8+. The molecule has 0 spiro atoms. The van der Waals surface area contributed by atoms with Crippen molar-refractivity contribution in [3.63, 3.8) is 0 Å². The van der Waals surface area contributed by atoms with Gasteiger partial charge in [0.25, 0.3) is 5.91 Å². The van der Waals surface area contributed by atoms with Crippen LogP contribution < -0.4 is 10.1 Å². The number of hydrogen-bond acceptors (Lipinski definition) is 7. The summed E-state index contributed by atoms with van der Waals surface area (Å²) in [4.78, 5) is 28.8. The Morgan fingerprint density at radius 2 is 2.00 bits per heavy atom. The summed E-state index contributed by atoms with van der Waals surface area (Å²) in [6, 6.07) is 11.2. The smallest absolute Gasteiger partial charge is 0.331 e. The molecule has 0 bridgehead atoms. The zero-order valence-electron chi connectivity index (χ0n) is 14.4. The number of esters is 1. The summed E-state index contributed by atoms with van der Waals surface area (Å²) in [6.45, 7) is -0.370. The van der Waals surface area contributed by atoms with Crippen LogP contribution in [0.1, 0.15) is 4.88 Å². The maximum Gasteiger partial charge on any atom is 0.331 e. The number of aromatic nitrogens is 1. The second kappa shape index (κ2) is 9.11. The number of amides is 1. The van der Waals surface area contributed by atoms with E-state index in [0.29, 0.717) is 5.13 Å². The lowest BCUT2D eigenvalue weighted by Gasteiger charge is -2.02. The molecule has 0 radical (unpaired) electrons. The van der Waals surface area contributed by atoms with Crippen LogP contribution in [0.5, 0.6) is 5.75 Å². The van der Waals surface area contributed by atoms with Crippen molar-refractivity contribution in [3.05, 3.63) is 58.1 Å². The number of carbonyl (C=O) groups excluding carboxylic acids is 2. The molecule has 0 aliphatic rings. The van der Waals surface area contributed by atoms with Gasteiger partial charge in [-0.15, -0.1) is 22.7 Å². The first-order valence-electron chi connectivity index (χ1n) is 7.92. The minimum absolute atomic E-state index is 0.370. The van der Waals surface area contributed by atoms with E-state index in [2.05, 4.69) is 10.3 Å². The van der Waals surface area contributed by atoms with Gasteiger partial charge in [0.15, 0.2) is 11.7 Å². The van der Waals surface area contributed by atoms with E-state index in [0.717, 1.165) is 21.9 Å². The van der Waals surface area contributed by atoms with Crippen LogP contribution in [0, 0.1) is 0 Å². The van der Waals surface area contributed by atoms with E-state index in [1.165, 1.54) is 28.7 Å². The van der Waals surface area contributed by atoms with Gasteiger partial charge in [-0.2, -0.15) is 0 Å². The fourth-order valence-corrected chi connectivity index (χ4v) is 3.46. The second-order valence-electron chi connectivity index (χ2n) is 5.27. The van der Waals surface area contributed by atoms with Crippen molar-refractivity contribution in [2.75, 3.05) is 19.0 Å². The number of methoxy groups -OCH3 is 1. The number of ether oxygens (including phenoxy) is 2. The van der Waals surface area contributed by atoms with Gasteiger partial charge >= 0.3 is 5.97 Å². The zero-order valence-corrected chi connectivity index (χ0v) is 16.0. The van der Waals surface area contributed by atoms with E-state index < -0.39 is 11.9 Å². The molecule has 138 valence electrons. The minimum Gasteiger partial charge on any atom is -0.497 e. The number of thiazole rings is 1. The largest absolute Gasteiger partial charge is 0.497 e. The molecule has 0 unspecified atom stereocenters. The van der Waals surface area contributed by atoms with Crippen molar-refractivity contribution in [1.82, 2.24) is 4.98 Å². The fourth-order valence-electron chi connectivity index (χ4n) is 2.10. The van der Waals surface area contributed by atoms with Crippen molar-refractivity contribution in [2.24, 2.45) is 0 Å². The molecular weight excluding hydrogens is 384 g/mol. The molecule has 1 aromatic carbocycles. The number of rotatable bonds is 7. The summed E-state index contributed by atoms with van der Waals surface area (Å²) in [5.41, 5.74) is 1.66. The molecule has 3 rings (SSSR count). The maximum absolute atomic E-state index is 11.9. The van der Waals surface area contributed by atoms with Gasteiger partial charge in [-0.05, 0) is 41.8 Å². The van der Waals surface area contributed by atoms with Crippen molar-refractivity contribution in [2.45, 2.75) is 0 Å². The molecule has 2 aromatic heterocycles. The fraction of sp³-hybridized carbons (Fsp3) is 0.105. The molecule has 8 heteroatoms. The van der Waals surface area contributed by atoms with Crippen LogP contribution >= 0.6 is 22.7 Å². The third-order valence-electron chi connectivity index (χ3n) is 3.41. The number of nitrogens with zero attached hydrogens (tertiary/aromatic N) is 1. The average molecular weight is 400 g/mol. The highest BCUT2D eigenvalue weighted by atomic mass is 32.1. The Bertz CT molecular complexity index is 931. The number of anilines is 1. The van der Waals surface area contributed by atoms with Crippen molar-refractivity contribution >= 4 is 45.8 Å². The average Bonchev–Trinajstić information content (AvgIpc) is 3.37. The highest BCUT2D eigenvalue weighted by Crippen LogP contribution is 2.26. The van der Waals surface area contributed by atoms with E-state index in [1.54, 1.807) is 13.2 Å². The highest BCUT2D eigenvalue weighted by molar-refractivity contribution is 7.14. The van der Waals surface area contributed by atoms with Crippen LogP contribution in [0.4, 0.5) is 5.13 Å². The molecule has 27 heavy (non-hydrogen) atoms. The molecule has 2 heterocycles. The Kier molecular flexibility index (Phi) is 6.35. The van der Waals surface area contributed by atoms with E-state index >= 15 is 0 Å². The molecular formula is C19H16N2O4S2. The van der Waals surface area contributed by atoms with Crippen molar-refractivity contribution in [3.8, 4) is 17.0 Å². The Balaban J connectivity index is 1.49. The molecule has 0 saturated carbocycles. The predicted octanol–water partition coefficient (Wildman–Crippen LogP) is 4.08. The third kappa shape index (κ3) is 5.50. The minimum atomic E-state index is -0.573. The van der Waals surface area contributed by atoms with Crippen LogP contribution in [-0.4, -0.2) is 30.6 Å². The maximum atomic E-state index is 11.9. The molecule has 0 fully saturated rings. The van der Waals surface area contributed by atoms with Gasteiger partial charge in [-0.1, -0.05) is 6.07 Å². The number of hydrogen-bond donors (Lipinski definition) is 1. The Labute approximate surface area is 164 Å².